The fourth-order valence-electron chi connectivity index (χ4n) is 2.84. The van der Waals surface area contributed by atoms with Gasteiger partial charge in [-0.2, -0.15) is 0 Å². The highest BCUT2D eigenvalue weighted by Gasteiger charge is 2.13. The Morgan fingerprint density at radius 2 is 1.79 bits per heavy atom. The summed E-state index contributed by atoms with van der Waals surface area (Å²) in [5.74, 6) is 2.83. The van der Waals surface area contributed by atoms with Gasteiger partial charge in [-0.15, -0.1) is 0 Å². The molecule has 106 valence electrons. The van der Waals surface area contributed by atoms with Crippen molar-refractivity contribution in [3.63, 3.8) is 0 Å². The summed E-state index contributed by atoms with van der Waals surface area (Å²) in [7, 11) is 0. The maximum absolute atomic E-state index is 4.34. The zero-order chi connectivity index (χ0) is 13.5. The molecule has 1 aliphatic rings. The number of aromatic nitrogens is 2. The monoisotopic (exact) mass is 262 g/mol. The van der Waals surface area contributed by atoms with Gasteiger partial charge in [0.15, 0.2) is 0 Å². The summed E-state index contributed by atoms with van der Waals surface area (Å²) < 4.78 is 0. The Bertz CT molecular complexity index is 386. The van der Waals surface area contributed by atoms with E-state index in [1.807, 2.05) is 0 Å². The van der Waals surface area contributed by atoms with Crippen LogP contribution >= 0.6 is 0 Å². The van der Waals surface area contributed by atoms with Crippen LogP contribution in [0.1, 0.15) is 51.0 Å². The van der Waals surface area contributed by atoms with Gasteiger partial charge in [-0.3, -0.25) is 0 Å². The number of nitrogens with zero attached hydrogens (tertiary/aromatic N) is 2. The van der Waals surface area contributed by atoms with Crippen LogP contribution in [0.25, 0.3) is 0 Å². The highest BCUT2D eigenvalue weighted by molar-refractivity contribution is 5.56. The van der Waals surface area contributed by atoms with Crippen molar-refractivity contribution in [2.75, 3.05) is 23.7 Å². The fourth-order valence-corrected chi connectivity index (χ4v) is 2.84. The predicted molar refractivity (Wildman–Crippen MR) is 80.6 cm³/mol. The second-order valence-corrected chi connectivity index (χ2v) is 5.45. The lowest BCUT2D eigenvalue weighted by Crippen LogP contribution is -2.14. The molecule has 0 unspecified atom stereocenters. The highest BCUT2D eigenvalue weighted by Crippen LogP contribution is 2.26. The maximum Gasteiger partial charge on any atom is 0.134 e. The molecule has 4 nitrogen and oxygen atoms in total. The first kappa shape index (κ1) is 14.1. The van der Waals surface area contributed by atoms with E-state index in [2.05, 4.69) is 34.4 Å². The molecular formula is C15H26N4. The van der Waals surface area contributed by atoms with Crippen LogP contribution in [0.3, 0.4) is 0 Å². The van der Waals surface area contributed by atoms with Gasteiger partial charge >= 0.3 is 0 Å². The van der Waals surface area contributed by atoms with Crippen LogP contribution in [-0.4, -0.2) is 23.1 Å². The third-order valence-corrected chi connectivity index (χ3v) is 4.00. The summed E-state index contributed by atoms with van der Waals surface area (Å²) in [5.41, 5.74) is 1.12. The summed E-state index contributed by atoms with van der Waals surface area (Å²) in [6.07, 6.45) is 9.98. The highest BCUT2D eigenvalue weighted by atomic mass is 15.1. The molecule has 0 saturated heterocycles. The van der Waals surface area contributed by atoms with Gasteiger partial charge in [-0.1, -0.05) is 32.1 Å². The van der Waals surface area contributed by atoms with E-state index in [1.54, 1.807) is 6.33 Å². The van der Waals surface area contributed by atoms with Gasteiger partial charge in [0.2, 0.25) is 0 Å². The second kappa shape index (κ2) is 7.31. The molecule has 1 aliphatic carbocycles. The molecule has 1 aromatic heterocycles. The Morgan fingerprint density at radius 3 is 2.47 bits per heavy atom. The van der Waals surface area contributed by atoms with Crippen molar-refractivity contribution in [2.45, 2.75) is 52.4 Å². The lowest BCUT2D eigenvalue weighted by atomic mass is 9.87. The van der Waals surface area contributed by atoms with Crippen LogP contribution in [-0.2, 0) is 0 Å². The van der Waals surface area contributed by atoms with Crippen molar-refractivity contribution in [2.24, 2.45) is 5.92 Å². The molecule has 4 heteroatoms. The maximum atomic E-state index is 4.34. The average Bonchev–Trinajstić information content (AvgIpc) is 2.44. The van der Waals surface area contributed by atoms with E-state index in [9.17, 15) is 0 Å². The van der Waals surface area contributed by atoms with E-state index in [4.69, 9.17) is 0 Å². The van der Waals surface area contributed by atoms with E-state index in [1.165, 1.54) is 38.5 Å². The van der Waals surface area contributed by atoms with Gasteiger partial charge in [0.05, 0.1) is 0 Å². The van der Waals surface area contributed by atoms with Crippen molar-refractivity contribution < 1.29 is 0 Å². The van der Waals surface area contributed by atoms with Crippen LogP contribution < -0.4 is 10.6 Å². The minimum atomic E-state index is 0.888. The van der Waals surface area contributed by atoms with E-state index in [0.717, 1.165) is 36.2 Å². The summed E-state index contributed by atoms with van der Waals surface area (Å²) in [6, 6.07) is 0. The molecular weight excluding hydrogens is 236 g/mol. The Balaban J connectivity index is 1.83. The van der Waals surface area contributed by atoms with Gasteiger partial charge in [0, 0.05) is 18.7 Å². The first-order valence-corrected chi connectivity index (χ1v) is 7.60. The van der Waals surface area contributed by atoms with E-state index < -0.39 is 0 Å². The summed E-state index contributed by atoms with van der Waals surface area (Å²) >= 11 is 0. The minimum absolute atomic E-state index is 0.888. The van der Waals surface area contributed by atoms with Crippen LogP contribution in [0.15, 0.2) is 6.33 Å². The Morgan fingerprint density at radius 1 is 1.11 bits per heavy atom. The van der Waals surface area contributed by atoms with Crippen molar-refractivity contribution in [1.82, 2.24) is 9.97 Å². The van der Waals surface area contributed by atoms with Crippen molar-refractivity contribution in [1.29, 1.82) is 0 Å². The minimum Gasteiger partial charge on any atom is -0.370 e. The number of hydrogen-bond acceptors (Lipinski definition) is 4. The summed E-state index contributed by atoms with van der Waals surface area (Å²) in [5, 5.41) is 6.73. The molecule has 1 fully saturated rings. The average molecular weight is 262 g/mol. The molecule has 0 atom stereocenters. The molecule has 0 radical (unpaired) electrons. The molecule has 19 heavy (non-hydrogen) atoms. The lowest BCUT2D eigenvalue weighted by molar-refractivity contribution is 0.345. The molecule has 0 amide bonds. The third-order valence-electron chi connectivity index (χ3n) is 4.00. The van der Waals surface area contributed by atoms with Crippen LogP contribution in [0.5, 0.6) is 0 Å². The van der Waals surface area contributed by atoms with Gasteiger partial charge in [0.25, 0.3) is 0 Å². The zero-order valence-electron chi connectivity index (χ0n) is 12.2. The lowest BCUT2D eigenvalue weighted by Gasteiger charge is -2.21. The van der Waals surface area contributed by atoms with Crippen molar-refractivity contribution in [3.05, 3.63) is 11.9 Å². The number of anilines is 2. The SMILES string of the molecule is CCNc1ncnc(NCCC2CCCCC2)c1C. The van der Waals surface area contributed by atoms with Gasteiger partial charge in [0.1, 0.15) is 18.0 Å². The largest absolute Gasteiger partial charge is 0.370 e. The van der Waals surface area contributed by atoms with Crippen LogP contribution in [0.2, 0.25) is 0 Å². The van der Waals surface area contributed by atoms with Crippen LogP contribution in [0.4, 0.5) is 11.6 Å². The molecule has 1 saturated carbocycles. The quantitative estimate of drug-likeness (QED) is 0.822. The summed E-state index contributed by atoms with van der Waals surface area (Å²) in [6.45, 7) is 6.06. The molecule has 0 spiro atoms. The van der Waals surface area contributed by atoms with Gasteiger partial charge < -0.3 is 10.6 Å². The van der Waals surface area contributed by atoms with E-state index in [-0.39, 0.29) is 0 Å². The number of nitrogens with one attached hydrogen (secondary N) is 2. The Labute approximate surface area is 116 Å². The molecule has 0 bridgehead atoms. The topological polar surface area (TPSA) is 49.8 Å². The van der Waals surface area contributed by atoms with Crippen molar-refractivity contribution >= 4 is 11.6 Å². The molecule has 2 N–H and O–H groups in total. The van der Waals surface area contributed by atoms with Gasteiger partial charge in [-0.05, 0) is 26.2 Å². The fraction of sp³-hybridized carbons (Fsp3) is 0.733. The number of rotatable bonds is 6. The smallest absolute Gasteiger partial charge is 0.134 e. The Hall–Kier alpha value is -1.32. The number of hydrogen-bond donors (Lipinski definition) is 2. The van der Waals surface area contributed by atoms with E-state index in [0.29, 0.717) is 0 Å². The normalized spacial score (nSPS) is 16.3. The zero-order valence-corrected chi connectivity index (χ0v) is 12.2. The molecule has 1 heterocycles. The Kier molecular flexibility index (Phi) is 5.43. The molecule has 0 aromatic carbocycles. The molecule has 2 rings (SSSR count). The van der Waals surface area contributed by atoms with Crippen LogP contribution in [0, 0.1) is 12.8 Å². The molecule has 1 aromatic rings. The third kappa shape index (κ3) is 4.08. The predicted octanol–water partition coefficient (Wildman–Crippen LogP) is 3.60. The van der Waals surface area contributed by atoms with E-state index >= 15 is 0 Å². The standard InChI is InChI=1S/C15H26N4/c1-3-16-14-12(2)15(19-11-18-14)17-10-9-13-7-5-4-6-8-13/h11,13H,3-10H2,1-2H3,(H2,16,17,18,19). The first-order chi connectivity index (χ1) is 9.31. The summed E-state index contributed by atoms with van der Waals surface area (Å²) in [4.78, 5) is 8.61. The molecule has 0 aliphatic heterocycles. The van der Waals surface area contributed by atoms with Gasteiger partial charge in [-0.25, -0.2) is 9.97 Å². The second-order valence-electron chi connectivity index (χ2n) is 5.45. The van der Waals surface area contributed by atoms with Crippen molar-refractivity contribution in [3.8, 4) is 0 Å². The first-order valence-electron chi connectivity index (χ1n) is 7.60.